The molecule has 7 heteroatoms. The molecule has 1 aromatic carbocycles. The van der Waals surface area contributed by atoms with Crippen LogP contribution in [0.4, 0.5) is 4.79 Å². The minimum absolute atomic E-state index is 0.00791. The number of nitrogens with zero attached hydrogens (tertiary/aromatic N) is 3. The minimum atomic E-state index is -0.0391. The summed E-state index contributed by atoms with van der Waals surface area (Å²) in [6, 6.07) is 7.70. The number of rotatable bonds is 6. The van der Waals surface area contributed by atoms with Crippen LogP contribution < -0.4 is 10.1 Å². The summed E-state index contributed by atoms with van der Waals surface area (Å²) in [5, 5.41) is 3.01. The number of hydrogen-bond acceptors (Lipinski definition) is 4. The highest BCUT2D eigenvalue weighted by atomic mass is 16.5. The summed E-state index contributed by atoms with van der Waals surface area (Å²) in [4.78, 5) is 31.7. The summed E-state index contributed by atoms with van der Waals surface area (Å²) >= 11 is 0. The van der Waals surface area contributed by atoms with Crippen molar-refractivity contribution in [3.05, 3.63) is 29.8 Å². The second kappa shape index (κ2) is 9.03. The molecule has 0 bridgehead atoms. The van der Waals surface area contributed by atoms with Crippen molar-refractivity contribution in [1.82, 2.24) is 20.0 Å². The molecule has 3 amide bonds. The zero-order chi connectivity index (χ0) is 20.2. The Morgan fingerprint density at radius 2 is 2.00 bits per heavy atom. The topological polar surface area (TPSA) is 65.1 Å². The summed E-state index contributed by atoms with van der Waals surface area (Å²) in [5.74, 6) is 1.83. The van der Waals surface area contributed by atoms with E-state index in [2.05, 4.69) is 15.1 Å². The van der Waals surface area contributed by atoms with Crippen LogP contribution in [0.5, 0.6) is 5.75 Å². The fraction of sp³-hybridized carbons (Fsp3) is 0.636. The first-order valence-corrected chi connectivity index (χ1v) is 10.8. The third kappa shape index (κ3) is 5.01. The fourth-order valence-electron chi connectivity index (χ4n) is 4.38. The Hall–Kier alpha value is -2.28. The highest BCUT2D eigenvalue weighted by molar-refractivity contribution is 5.84. The van der Waals surface area contributed by atoms with Crippen LogP contribution in [-0.2, 0) is 11.3 Å². The molecule has 0 radical (unpaired) electrons. The van der Waals surface area contributed by atoms with Gasteiger partial charge in [-0.25, -0.2) is 4.79 Å². The standard InChI is InChI=1S/C22H32N4O3/c1-29-19-5-2-4-18(14-19)15-23-22(28)25-10-3-9-24(12-13-25)20-8-11-26(21(20)27)16-17-6-7-17/h2,4-5,14,17,20H,3,6-13,15-16H2,1H3,(H,23,28)/t20-/m0/s1. The third-order valence-corrected chi connectivity index (χ3v) is 6.28. The number of carbonyl (C=O) groups excluding carboxylic acids is 2. The maximum Gasteiger partial charge on any atom is 0.317 e. The van der Waals surface area contributed by atoms with Gasteiger partial charge >= 0.3 is 6.03 Å². The van der Waals surface area contributed by atoms with Gasteiger partial charge in [0.2, 0.25) is 5.91 Å². The van der Waals surface area contributed by atoms with Crippen molar-refractivity contribution in [2.75, 3.05) is 46.4 Å². The van der Waals surface area contributed by atoms with E-state index >= 15 is 0 Å². The second-order valence-corrected chi connectivity index (χ2v) is 8.42. The van der Waals surface area contributed by atoms with Crippen LogP contribution in [0.1, 0.15) is 31.2 Å². The molecule has 29 heavy (non-hydrogen) atoms. The highest BCUT2D eigenvalue weighted by Crippen LogP contribution is 2.31. The van der Waals surface area contributed by atoms with Crippen molar-refractivity contribution >= 4 is 11.9 Å². The average Bonchev–Trinajstić information content (AvgIpc) is 3.53. The zero-order valence-corrected chi connectivity index (χ0v) is 17.3. The van der Waals surface area contributed by atoms with Crippen LogP contribution in [0, 0.1) is 5.92 Å². The van der Waals surface area contributed by atoms with Crippen molar-refractivity contribution in [2.45, 2.75) is 38.3 Å². The number of ether oxygens (including phenoxy) is 1. The normalized spacial score (nSPS) is 23.2. The number of methoxy groups -OCH3 is 1. The van der Waals surface area contributed by atoms with Gasteiger partial charge in [-0.05, 0) is 49.3 Å². The van der Waals surface area contributed by atoms with Gasteiger partial charge in [-0.2, -0.15) is 0 Å². The summed E-state index contributed by atoms with van der Waals surface area (Å²) in [7, 11) is 1.64. The van der Waals surface area contributed by atoms with Crippen LogP contribution in [0.15, 0.2) is 24.3 Å². The molecule has 158 valence electrons. The van der Waals surface area contributed by atoms with Gasteiger partial charge in [0.1, 0.15) is 5.75 Å². The van der Waals surface area contributed by atoms with Crippen LogP contribution in [0.3, 0.4) is 0 Å². The Labute approximate surface area is 173 Å². The van der Waals surface area contributed by atoms with E-state index in [-0.39, 0.29) is 12.1 Å². The molecule has 2 saturated heterocycles. The van der Waals surface area contributed by atoms with E-state index in [0.29, 0.717) is 19.0 Å². The van der Waals surface area contributed by atoms with Gasteiger partial charge in [-0.15, -0.1) is 0 Å². The van der Waals surface area contributed by atoms with E-state index in [4.69, 9.17) is 4.74 Å². The lowest BCUT2D eigenvalue weighted by atomic mass is 10.2. The molecule has 0 aromatic heterocycles. The Morgan fingerprint density at radius 3 is 2.79 bits per heavy atom. The number of amides is 3. The van der Waals surface area contributed by atoms with E-state index in [1.807, 2.05) is 29.2 Å². The zero-order valence-electron chi connectivity index (χ0n) is 17.3. The van der Waals surface area contributed by atoms with Gasteiger partial charge in [0, 0.05) is 45.8 Å². The number of likely N-dealkylation sites (tertiary alicyclic amines) is 1. The van der Waals surface area contributed by atoms with Gasteiger partial charge in [0.25, 0.3) is 0 Å². The first-order valence-electron chi connectivity index (χ1n) is 10.8. The lowest BCUT2D eigenvalue weighted by Crippen LogP contribution is -2.45. The number of carbonyl (C=O) groups is 2. The summed E-state index contributed by atoms with van der Waals surface area (Å²) in [5.41, 5.74) is 1.02. The molecule has 2 aliphatic heterocycles. The van der Waals surface area contributed by atoms with Crippen molar-refractivity contribution in [3.8, 4) is 5.75 Å². The first kappa shape index (κ1) is 20.0. The predicted molar refractivity (Wildman–Crippen MR) is 111 cm³/mol. The molecule has 1 saturated carbocycles. The molecule has 0 spiro atoms. The molecule has 7 nitrogen and oxygen atoms in total. The largest absolute Gasteiger partial charge is 0.497 e. The van der Waals surface area contributed by atoms with Crippen molar-refractivity contribution in [2.24, 2.45) is 5.92 Å². The van der Waals surface area contributed by atoms with Gasteiger partial charge < -0.3 is 19.9 Å². The lowest BCUT2D eigenvalue weighted by molar-refractivity contribution is -0.132. The number of urea groups is 1. The van der Waals surface area contributed by atoms with Crippen LogP contribution >= 0.6 is 0 Å². The molecule has 3 fully saturated rings. The van der Waals surface area contributed by atoms with Gasteiger partial charge in [0.15, 0.2) is 0 Å². The van der Waals surface area contributed by atoms with Crippen molar-refractivity contribution in [3.63, 3.8) is 0 Å². The van der Waals surface area contributed by atoms with E-state index < -0.39 is 0 Å². The monoisotopic (exact) mass is 400 g/mol. The molecule has 1 aromatic rings. The molecule has 1 N–H and O–H groups in total. The molecular weight excluding hydrogens is 368 g/mol. The Balaban J connectivity index is 1.26. The van der Waals surface area contributed by atoms with Crippen molar-refractivity contribution in [1.29, 1.82) is 0 Å². The van der Waals surface area contributed by atoms with Gasteiger partial charge in [-0.3, -0.25) is 9.69 Å². The highest BCUT2D eigenvalue weighted by Gasteiger charge is 2.38. The van der Waals surface area contributed by atoms with Gasteiger partial charge in [0.05, 0.1) is 13.2 Å². The summed E-state index contributed by atoms with van der Waals surface area (Å²) < 4.78 is 5.24. The molecule has 0 unspecified atom stereocenters. The van der Waals surface area contributed by atoms with Crippen LogP contribution in [-0.4, -0.2) is 79.1 Å². The second-order valence-electron chi connectivity index (χ2n) is 8.42. The Bertz CT molecular complexity index is 737. The van der Waals surface area contributed by atoms with Crippen LogP contribution in [0.2, 0.25) is 0 Å². The lowest BCUT2D eigenvalue weighted by Gasteiger charge is -2.26. The van der Waals surface area contributed by atoms with E-state index in [1.165, 1.54) is 12.8 Å². The molecule has 1 aliphatic carbocycles. The summed E-state index contributed by atoms with van der Waals surface area (Å²) in [6.07, 6.45) is 4.38. The van der Waals surface area contributed by atoms with E-state index in [1.54, 1.807) is 7.11 Å². The van der Waals surface area contributed by atoms with Crippen LogP contribution in [0.25, 0.3) is 0 Å². The SMILES string of the molecule is COc1cccc(CNC(=O)N2CCCN([C@H]3CCN(CC4CC4)C3=O)CC2)c1. The predicted octanol–water partition coefficient (Wildman–Crippen LogP) is 1.92. The Morgan fingerprint density at radius 1 is 1.14 bits per heavy atom. The number of benzene rings is 1. The van der Waals surface area contributed by atoms with Crippen molar-refractivity contribution < 1.29 is 14.3 Å². The fourth-order valence-corrected chi connectivity index (χ4v) is 4.38. The van der Waals surface area contributed by atoms with E-state index in [9.17, 15) is 9.59 Å². The quantitative estimate of drug-likeness (QED) is 0.792. The summed E-state index contributed by atoms with van der Waals surface area (Å²) in [6.45, 7) is 5.35. The molecule has 3 aliphatic rings. The molecular formula is C22H32N4O3. The maximum atomic E-state index is 12.8. The Kier molecular flexibility index (Phi) is 6.23. The average molecular weight is 401 g/mol. The molecule has 2 heterocycles. The third-order valence-electron chi connectivity index (χ3n) is 6.28. The maximum absolute atomic E-state index is 12.8. The molecule has 1 atom stereocenters. The molecule has 4 rings (SSSR count). The van der Waals surface area contributed by atoms with Gasteiger partial charge in [-0.1, -0.05) is 12.1 Å². The minimum Gasteiger partial charge on any atom is -0.497 e. The first-order chi connectivity index (χ1) is 14.1. The van der Waals surface area contributed by atoms with E-state index in [0.717, 1.165) is 62.8 Å². The smallest absolute Gasteiger partial charge is 0.317 e. The number of hydrogen-bond donors (Lipinski definition) is 1. The number of nitrogens with one attached hydrogen (secondary N) is 1.